The van der Waals surface area contributed by atoms with Crippen molar-refractivity contribution in [3.8, 4) is 5.75 Å². The molecule has 3 aromatic rings. The quantitative estimate of drug-likeness (QED) is 0.538. The maximum absolute atomic E-state index is 13.4. The molecular weight excluding hydrogens is 440 g/mol. The van der Waals surface area contributed by atoms with Gasteiger partial charge in [0.2, 0.25) is 21.8 Å². The van der Waals surface area contributed by atoms with E-state index < -0.39 is 16.1 Å². The number of methoxy groups -OCH3 is 1. The number of nitrogens with one attached hydrogen (secondary N) is 1. The van der Waals surface area contributed by atoms with Crippen molar-refractivity contribution in [1.82, 2.24) is 4.72 Å². The molecule has 1 aliphatic heterocycles. The second-order valence-electron chi connectivity index (χ2n) is 7.83. The number of aryl methyl sites for hydroxylation is 1. The topological polar surface area (TPSA) is 92.8 Å². The van der Waals surface area contributed by atoms with Crippen LogP contribution in [-0.4, -0.2) is 27.3 Å². The van der Waals surface area contributed by atoms with Crippen molar-refractivity contribution in [1.29, 1.82) is 0 Å². The molecule has 0 saturated carbocycles. The number of hydrogen-bond acceptors (Lipinski definition) is 5. The number of anilines is 1. The summed E-state index contributed by atoms with van der Waals surface area (Å²) >= 11 is 0. The third kappa shape index (κ3) is 4.67. The minimum absolute atomic E-state index is 0.0705. The van der Waals surface area contributed by atoms with Gasteiger partial charge in [-0.3, -0.25) is 9.59 Å². The van der Waals surface area contributed by atoms with E-state index in [-0.39, 0.29) is 41.0 Å². The van der Waals surface area contributed by atoms with Gasteiger partial charge in [0.25, 0.3) is 0 Å². The fraction of sp³-hybridized carbons (Fsp3) is 0.200. The van der Waals surface area contributed by atoms with Gasteiger partial charge in [-0.05, 0) is 36.2 Å². The van der Waals surface area contributed by atoms with Crippen molar-refractivity contribution in [2.75, 3.05) is 12.0 Å². The van der Waals surface area contributed by atoms with Gasteiger partial charge in [0.05, 0.1) is 23.7 Å². The SMILES string of the molecule is COc1ccc(S(=O)(=O)N[C@H](c2ccccc2)c2ccc(C)cc2)cc1N1C(=O)CCC1=O. The molecule has 0 radical (unpaired) electrons. The van der Waals surface area contributed by atoms with Crippen LogP contribution in [0.15, 0.2) is 77.7 Å². The van der Waals surface area contributed by atoms with Crippen LogP contribution in [0.3, 0.4) is 0 Å². The minimum Gasteiger partial charge on any atom is -0.495 e. The Morgan fingerprint density at radius 2 is 1.48 bits per heavy atom. The molecule has 1 heterocycles. The number of ether oxygens (including phenoxy) is 1. The second-order valence-corrected chi connectivity index (χ2v) is 9.55. The molecule has 1 N–H and O–H groups in total. The molecule has 0 bridgehead atoms. The predicted octanol–water partition coefficient (Wildman–Crippen LogP) is 3.72. The molecule has 0 aromatic heterocycles. The maximum Gasteiger partial charge on any atom is 0.241 e. The third-order valence-corrected chi connectivity index (χ3v) is 6.99. The van der Waals surface area contributed by atoms with E-state index in [9.17, 15) is 18.0 Å². The van der Waals surface area contributed by atoms with Crippen molar-refractivity contribution in [2.24, 2.45) is 0 Å². The number of hydrogen-bond donors (Lipinski definition) is 1. The third-order valence-electron chi connectivity index (χ3n) is 5.57. The summed E-state index contributed by atoms with van der Waals surface area (Å²) < 4.78 is 35.0. The summed E-state index contributed by atoms with van der Waals surface area (Å²) in [6, 6.07) is 20.4. The van der Waals surface area contributed by atoms with E-state index >= 15 is 0 Å². The van der Waals surface area contributed by atoms with Crippen molar-refractivity contribution in [3.63, 3.8) is 0 Å². The standard InChI is InChI=1S/C25H24N2O5S/c1-17-8-10-19(11-9-17)25(18-6-4-3-5-7-18)26-33(30,31)20-12-13-22(32-2)21(16-20)27-23(28)14-15-24(27)29/h3-13,16,25-26H,14-15H2,1-2H3/t25-/m1/s1. The predicted molar refractivity (Wildman–Crippen MR) is 125 cm³/mol. The average Bonchev–Trinajstić information content (AvgIpc) is 3.16. The zero-order valence-electron chi connectivity index (χ0n) is 18.3. The summed E-state index contributed by atoms with van der Waals surface area (Å²) in [5.74, 6) is -0.527. The zero-order valence-corrected chi connectivity index (χ0v) is 19.1. The number of sulfonamides is 1. The summed E-state index contributed by atoms with van der Waals surface area (Å²) in [5.41, 5.74) is 2.75. The number of carbonyl (C=O) groups is 2. The highest BCUT2D eigenvalue weighted by Crippen LogP contribution is 2.35. The molecule has 1 saturated heterocycles. The van der Waals surface area contributed by atoms with Gasteiger partial charge in [0, 0.05) is 12.8 Å². The molecule has 170 valence electrons. The lowest BCUT2D eigenvalue weighted by Gasteiger charge is -2.22. The van der Waals surface area contributed by atoms with Gasteiger partial charge in [-0.2, -0.15) is 4.72 Å². The second kappa shape index (κ2) is 9.17. The molecule has 1 aliphatic rings. The van der Waals surface area contributed by atoms with Gasteiger partial charge in [0.15, 0.2) is 0 Å². The molecule has 0 aliphatic carbocycles. The van der Waals surface area contributed by atoms with Crippen molar-refractivity contribution in [3.05, 3.63) is 89.5 Å². The van der Waals surface area contributed by atoms with Crippen molar-refractivity contribution in [2.45, 2.75) is 30.7 Å². The van der Waals surface area contributed by atoms with Gasteiger partial charge in [-0.15, -0.1) is 0 Å². The van der Waals surface area contributed by atoms with Gasteiger partial charge in [-0.1, -0.05) is 60.2 Å². The molecule has 1 atom stereocenters. The Labute approximate surface area is 193 Å². The summed E-state index contributed by atoms with van der Waals surface area (Å²) in [6.45, 7) is 1.96. The van der Waals surface area contributed by atoms with Gasteiger partial charge < -0.3 is 4.74 Å². The lowest BCUT2D eigenvalue weighted by Crippen LogP contribution is -2.31. The van der Waals surface area contributed by atoms with Gasteiger partial charge >= 0.3 is 0 Å². The van der Waals surface area contributed by atoms with Crippen molar-refractivity contribution >= 4 is 27.5 Å². The highest BCUT2D eigenvalue weighted by atomic mass is 32.2. The lowest BCUT2D eigenvalue weighted by atomic mass is 9.99. The molecule has 8 heteroatoms. The summed E-state index contributed by atoms with van der Waals surface area (Å²) in [6.07, 6.45) is 0.168. The summed E-state index contributed by atoms with van der Waals surface area (Å²) in [4.78, 5) is 25.5. The Balaban J connectivity index is 1.75. The van der Waals surface area contributed by atoms with E-state index in [2.05, 4.69) is 4.72 Å². The molecular formula is C25H24N2O5S. The van der Waals surface area contributed by atoms with Crippen molar-refractivity contribution < 1.29 is 22.7 Å². The Morgan fingerprint density at radius 1 is 0.879 bits per heavy atom. The van der Waals surface area contributed by atoms with Gasteiger partial charge in [0.1, 0.15) is 5.75 Å². The minimum atomic E-state index is -4.03. The normalized spacial score (nSPS) is 15.0. The molecule has 3 aromatic carbocycles. The van der Waals surface area contributed by atoms with Crippen LogP contribution in [0.25, 0.3) is 0 Å². The highest BCUT2D eigenvalue weighted by Gasteiger charge is 2.33. The van der Waals surface area contributed by atoms with E-state index in [4.69, 9.17) is 4.74 Å². The zero-order chi connectivity index (χ0) is 23.6. The van der Waals surface area contributed by atoms with E-state index in [0.717, 1.165) is 21.6 Å². The number of imide groups is 1. The summed E-state index contributed by atoms with van der Waals surface area (Å²) in [5, 5.41) is 0. The smallest absolute Gasteiger partial charge is 0.241 e. The molecule has 4 rings (SSSR count). The Kier molecular flexibility index (Phi) is 6.31. The first-order chi connectivity index (χ1) is 15.8. The number of benzene rings is 3. The number of rotatable bonds is 7. The van der Waals surface area contributed by atoms with E-state index in [1.54, 1.807) is 0 Å². The maximum atomic E-state index is 13.4. The first kappa shape index (κ1) is 22.7. The molecule has 7 nitrogen and oxygen atoms in total. The molecule has 33 heavy (non-hydrogen) atoms. The molecule has 1 fully saturated rings. The largest absolute Gasteiger partial charge is 0.495 e. The number of carbonyl (C=O) groups excluding carboxylic acids is 2. The van der Waals surface area contributed by atoms with E-state index in [0.29, 0.717) is 0 Å². The van der Waals surface area contributed by atoms with Crippen LogP contribution in [0.4, 0.5) is 5.69 Å². The van der Waals surface area contributed by atoms with Gasteiger partial charge in [-0.25, -0.2) is 13.3 Å². The van der Waals surface area contributed by atoms with Crippen LogP contribution in [-0.2, 0) is 19.6 Å². The number of amides is 2. The molecule has 2 amide bonds. The Hall–Kier alpha value is -3.49. The van der Waals surface area contributed by atoms with Crippen LogP contribution in [0, 0.1) is 6.92 Å². The van der Waals surface area contributed by atoms with Crippen LogP contribution >= 0.6 is 0 Å². The first-order valence-electron chi connectivity index (χ1n) is 10.5. The number of nitrogens with zero attached hydrogens (tertiary/aromatic N) is 1. The molecule has 0 spiro atoms. The lowest BCUT2D eigenvalue weighted by molar-refractivity contribution is -0.121. The van der Waals surface area contributed by atoms with Crippen LogP contribution in [0.1, 0.15) is 35.6 Å². The van der Waals surface area contributed by atoms with E-state index in [1.807, 2.05) is 61.5 Å². The monoisotopic (exact) mass is 464 g/mol. The van der Waals surface area contributed by atoms with E-state index in [1.165, 1.54) is 25.3 Å². The van der Waals surface area contributed by atoms with Crippen LogP contribution in [0.2, 0.25) is 0 Å². The van der Waals surface area contributed by atoms with Crippen LogP contribution < -0.4 is 14.4 Å². The fourth-order valence-corrected chi connectivity index (χ4v) is 5.05. The summed E-state index contributed by atoms with van der Waals surface area (Å²) in [7, 11) is -2.63. The fourth-order valence-electron chi connectivity index (χ4n) is 3.81. The Morgan fingerprint density at radius 3 is 2.09 bits per heavy atom. The average molecular weight is 465 g/mol. The highest BCUT2D eigenvalue weighted by molar-refractivity contribution is 7.89. The first-order valence-corrected chi connectivity index (χ1v) is 12.0. The van der Waals surface area contributed by atoms with Crippen LogP contribution in [0.5, 0.6) is 5.75 Å². The Bertz CT molecular complexity index is 1270. The molecule has 0 unspecified atom stereocenters.